The second-order valence-electron chi connectivity index (χ2n) is 4.61. The van der Waals surface area contributed by atoms with Gasteiger partial charge in [0.2, 0.25) is 0 Å². The molecule has 0 radical (unpaired) electrons. The molecule has 20 heavy (non-hydrogen) atoms. The molecule has 1 aliphatic carbocycles. The minimum Gasteiger partial charge on any atom is -0.409 e. The van der Waals surface area contributed by atoms with Crippen LogP contribution in [-0.2, 0) is 17.1 Å². The SMILES string of the molecule is Cn1ncc(Cl)c1S(=O)(=O)N(CCC(N)=NO)C1CC1. The highest BCUT2D eigenvalue weighted by atomic mass is 35.5. The fourth-order valence-corrected chi connectivity index (χ4v) is 4.23. The molecular formula is C10H16ClN5O3S. The van der Waals surface area contributed by atoms with Crippen molar-refractivity contribution in [3.63, 3.8) is 0 Å². The van der Waals surface area contributed by atoms with Crippen molar-refractivity contribution < 1.29 is 13.6 Å². The van der Waals surface area contributed by atoms with Crippen LogP contribution in [0.3, 0.4) is 0 Å². The molecule has 1 aliphatic rings. The zero-order valence-electron chi connectivity index (χ0n) is 10.9. The van der Waals surface area contributed by atoms with Crippen molar-refractivity contribution in [2.45, 2.75) is 30.3 Å². The van der Waals surface area contributed by atoms with Crippen LogP contribution in [0, 0.1) is 0 Å². The lowest BCUT2D eigenvalue weighted by Gasteiger charge is -2.21. The van der Waals surface area contributed by atoms with Gasteiger partial charge in [0.25, 0.3) is 10.0 Å². The maximum Gasteiger partial charge on any atom is 0.262 e. The summed E-state index contributed by atoms with van der Waals surface area (Å²) in [5.74, 6) is -0.0121. The Morgan fingerprint density at radius 2 is 2.35 bits per heavy atom. The lowest BCUT2D eigenvalue weighted by Crippen LogP contribution is -2.37. The molecule has 0 aromatic carbocycles. The van der Waals surface area contributed by atoms with Gasteiger partial charge >= 0.3 is 0 Å². The molecule has 10 heteroatoms. The summed E-state index contributed by atoms with van der Waals surface area (Å²) in [6.07, 6.45) is 3.04. The van der Waals surface area contributed by atoms with Gasteiger partial charge in [-0.05, 0) is 12.8 Å². The Labute approximate surface area is 121 Å². The number of sulfonamides is 1. The van der Waals surface area contributed by atoms with Crippen molar-refractivity contribution in [1.29, 1.82) is 0 Å². The summed E-state index contributed by atoms with van der Waals surface area (Å²) in [5, 5.41) is 15.3. The normalized spacial score (nSPS) is 16.9. The van der Waals surface area contributed by atoms with Gasteiger partial charge in [0.1, 0.15) is 5.84 Å². The van der Waals surface area contributed by atoms with Crippen molar-refractivity contribution in [1.82, 2.24) is 14.1 Å². The van der Waals surface area contributed by atoms with E-state index >= 15 is 0 Å². The molecule has 8 nitrogen and oxygen atoms in total. The molecule has 0 atom stereocenters. The number of hydrogen-bond donors (Lipinski definition) is 2. The Morgan fingerprint density at radius 3 is 2.80 bits per heavy atom. The molecular weight excluding hydrogens is 306 g/mol. The van der Waals surface area contributed by atoms with Gasteiger partial charge in [-0.15, -0.1) is 0 Å². The van der Waals surface area contributed by atoms with Crippen LogP contribution in [0.2, 0.25) is 5.02 Å². The van der Waals surface area contributed by atoms with E-state index in [4.69, 9.17) is 22.5 Å². The van der Waals surface area contributed by atoms with Gasteiger partial charge in [-0.1, -0.05) is 16.8 Å². The first kappa shape index (κ1) is 15.1. The molecule has 0 amide bonds. The minimum absolute atomic E-state index is 0.0121. The number of nitrogens with two attached hydrogens (primary N) is 1. The maximum absolute atomic E-state index is 12.7. The second kappa shape index (κ2) is 5.58. The fourth-order valence-electron chi connectivity index (χ4n) is 1.94. The highest BCUT2D eigenvalue weighted by Crippen LogP contribution is 2.34. The van der Waals surface area contributed by atoms with Crippen molar-refractivity contribution in [3.8, 4) is 0 Å². The molecule has 3 N–H and O–H groups in total. The molecule has 1 fully saturated rings. The van der Waals surface area contributed by atoms with E-state index in [-0.39, 0.29) is 34.9 Å². The first-order valence-corrected chi connectivity index (χ1v) is 7.85. The van der Waals surface area contributed by atoms with Gasteiger partial charge in [-0.2, -0.15) is 9.40 Å². The van der Waals surface area contributed by atoms with Crippen molar-refractivity contribution >= 4 is 27.5 Å². The maximum atomic E-state index is 12.7. The molecule has 0 saturated heterocycles. The number of hydrogen-bond acceptors (Lipinski definition) is 5. The number of halogens is 1. The Bertz CT molecular complexity index is 603. The monoisotopic (exact) mass is 321 g/mol. The number of amidine groups is 1. The molecule has 0 aliphatic heterocycles. The number of oxime groups is 1. The van der Waals surface area contributed by atoms with E-state index in [1.807, 2.05) is 0 Å². The third-order valence-electron chi connectivity index (χ3n) is 3.07. The Kier molecular flexibility index (Phi) is 4.21. The lowest BCUT2D eigenvalue weighted by molar-refractivity contribution is 0.315. The highest BCUT2D eigenvalue weighted by molar-refractivity contribution is 7.89. The molecule has 1 heterocycles. The smallest absolute Gasteiger partial charge is 0.262 e. The number of rotatable bonds is 6. The summed E-state index contributed by atoms with van der Waals surface area (Å²) >= 11 is 5.91. The molecule has 0 spiro atoms. The molecule has 1 aromatic heterocycles. The van der Waals surface area contributed by atoms with Gasteiger partial charge in [0, 0.05) is 26.1 Å². The quantitative estimate of drug-likeness (QED) is 0.340. The molecule has 2 rings (SSSR count). The predicted octanol–water partition coefficient (Wildman–Crippen LogP) is 0.363. The first-order valence-electron chi connectivity index (χ1n) is 6.03. The molecule has 112 valence electrons. The topological polar surface area (TPSA) is 114 Å². The molecule has 0 unspecified atom stereocenters. The van der Waals surface area contributed by atoms with Gasteiger partial charge in [-0.3, -0.25) is 4.68 Å². The van der Waals surface area contributed by atoms with Crippen molar-refractivity contribution in [2.24, 2.45) is 17.9 Å². The summed E-state index contributed by atoms with van der Waals surface area (Å²) in [6.45, 7) is 0.143. The minimum atomic E-state index is -3.75. The zero-order chi connectivity index (χ0) is 14.9. The van der Waals surface area contributed by atoms with Gasteiger partial charge in [-0.25, -0.2) is 8.42 Å². The van der Waals surface area contributed by atoms with E-state index in [9.17, 15) is 8.42 Å². The summed E-state index contributed by atoms with van der Waals surface area (Å²) < 4.78 is 27.9. The third-order valence-corrected chi connectivity index (χ3v) is 5.53. The van der Waals surface area contributed by atoms with E-state index in [2.05, 4.69) is 10.3 Å². The average Bonchev–Trinajstić information content (AvgIpc) is 3.14. The predicted molar refractivity (Wildman–Crippen MR) is 73.2 cm³/mol. The van der Waals surface area contributed by atoms with Crippen LogP contribution in [0.1, 0.15) is 19.3 Å². The van der Waals surface area contributed by atoms with Crippen LogP contribution >= 0.6 is 11.6 Å². The van der Waals surface area contributed by atoms with Gasteiger partial charge < -0.3 is 10.9 Å². The van der Waals surface area contributed by atoms with Crippen molar-refractivity contribution in [3.05, 3.63) is 11.2 Å². The van der Waals surface area contributed by atoms with Crippen molar-refractivity contribution in [2.75, 3.05) is 6.54 Å². The zero-order valence-corrected chi connectivity index (χ0v) is 12.5. The standard InChI is InChI=1S/C10H16ClN5O3S/c1-15-10(8(11)6-13-15)20(18,19)16(7-2-3-7)5-4-9(12)14-17/h6-7,17H,2-5H2,1H3,(H2,12,14). The first-order chi connectivity index (χ1) is 9.37. The Morgan fingerprint density at radius 1 is 1.70 bits per heavy atom. The van der Waals surface area contributed by atoms with Crippen LogP contribution in [0.15, 0.2) is 16.4 Å². The highest BCUT2D eigenvalue weighted by Gasteiger charge is 2.40. The van der Waals surface area contributed by atoms with Crippen LogP contribution in [0.5, 0.6) is 0 Å². The van der Waals surface area contributed by atoms with Crippen LogP contribution < -0.4 is 5.73 Å². The van der Waals surface area contributed by atoms with E-state index in [0.29, 0.717) is 0 Å². The summed E-state index contributed by atoms with van der Waals surface area (Å²) in [7, 11) is -2.23. The molecule has 1 aromatic rings. The third kappa shape index (κ3) is 2.89. The van der Waals surface area contributed by atoms with Gasteiger partial charge in [0.15, 0.2) is 5.03 Å². The summed E-state index contributed by atoms with van der Waals surface area (Å²) in [6, 6.07) is -0.0579. The molecule has 1 saturated carbocycles. The largest absolute Gasteiger partial charge is 0.409 e. The number of aromatic nitrogens is 2. The van der Waals surface area contributed by atoms with Crippen LogP contribution in [0.25, 0.3) is 0 Å². The second-order valence-corrected chi connectivity index (χ2v) is 6.82. The fraction of sp³-hybridized carbons (Fsp3) is 0.600. The van der Waals surface area contributed by atoms with Crippen LogP contribution in [-0.4, -0.2) is 46.1 Å². The van der Waals surface area contributed by atoms with E-state index < -0.39 is 10.0 Å². The Hall–Kier alpha value is -1.32. The average molecular weight is 322 g/mol. The number of aryl methyl sites for hydroxylation is 1. The van der Waals surface area contributed by atoms with E-state index in [1.165, 1.54) is 22.2 Å². The summed E-state index contributed by atoms with van der Waals surface area (Å²) in [4.78, 5) is 0. The van der Waals surface area contributed by atoms with Crippen LogP contribution in [0.4, 0.5) is 0 Å². The van der Waals surface area contributed by atoms with E-state index in [0.717, 1.165) is 12.8 Å². The van der Waals surface area contributed by atoms with Gasteiger partial charge in [0.05, 0.1) is 11.2 Å². The van der Waals surface area contributed by atoms with E-state index in [1.54, 1.807) is 0 Å². The lowest BCUT2D eigenvalue weighted by atomic mass is 10.4. The summed E-state index contributed by atoms with van der Waals surface area (Å²) in [5.41, 5.74) is 5.40. The molecule has 0 bridgehead atoms. The Balaban J connectivity index is 2.29. The number of nitrogens with zero attached hydrogens (tertiary/aromatic N) is 4.